The van der Waals surface area contributed by atoms with Crippen molar-refractivity contribution in [2.24, 2.45) is 0 Å². The summed E-state index contributed by atoms with van der Waals surface area (Å²) >= 11 is 0. The van der Waals surface area contributed by atoms with E-state index >= 15 is 0 Å². The Morgan fingerprint density at radius 3 is 2.67 bits per heavy atom. The third-order valence-electron chi connectivity index (χ3n) is 2.91. The molecule has 1 aromatic carbocycles. The van der Waals surface area contributed by atoms with Gasteiger partial charge in [0.05, 0.1) is 11.6 Å². The van der Waals surface area contributed by atoms with E-state index in [2.05, 4.69) is 0 Å². The van der Waals surface area contributed by atoms with Crippen LogP contribution in [0.3, 0.4) is 0 Å². The van der Waals surface area contributed by atoms with E-state index in [9.17, 15) is 10.0 Å². The standard InChI is InChI=1S/C13H19NO4/c1-10(2)14(17,9-18-3)8-11-5-4-6-12(7-11)13(15)16/h4-7,10H,8-9H2,1-3H3,(H,15,16). The van der Waals surface area contributed by atoms with Crippen LogP contribution in [-0.2, 0) is 11.3 Å². The van der Waals surface area contributed by atoms with Crippen LogP contribution in [0.2, 0.25) is 0 Å². The molecule has 0 spiro atoms. The quantitative estimate of drug-likeness (QED) is 0.479. The molecule has 1 unspecified atom stereocenters. The predicted molar refractivity (Wildman–Crippen MR) is 67.7 cm³/mol. The summed E-state index contributed by atoms with van der Waals surface area (Å²) in [7, 11) is 1.49. The minimum atomic E-state index is -0.989. The number of hydrogen-bond acceptors (Lipinski definition) is 3. The van der Waals surface area contributed by atoms with Gasteiger partial charge < -0.3 is 19.7 Å². The lowest BCUT2D eigenvalue weighted by atomic mass is 10.1. The number of quaternary nitrogens is 1. The number of carbonyl (C=O) groups is 1. The van der Waals surface area contributed by atoms with Crippen molar-refractivity contribution in [3.8, 4) is 0 Å². The Labute approximate surface area is 107 Å². The SMILES string of the molecule is COC[N+]([O-])(Cc1cccc(C(=O)O)c1)C(C)C. The van der Waals surface area contributed by atoms with Gasteiger partial charge in [-0.3, -0.25) is 0 Å². The molecule has 1 N–H and O–H groups in total. The van der Waals surface area contributed by atoms with E-state index in [4.69, 9.17) is 9.84 Å². The zero-order valence-corrected chi connectivity index (χ0v) is 10.9. The monoisotopic (exact) mass is 253 g/mol. The highest BCUT2D eigenvalue weighted by molar-refractivity contribution is 5.87. The van der Waals surface area contributed by atoms with E-state index in [0.29, 0.717) is 5.56 Å². The van der Waals surface area contributed by atoms with Gasteiger partial charge in [0.25, 0.3) is 0 Å². The molecule has 0 aliphatic heterocycles. The van der Waals surface area contributed by atoms with Crippen molar-refractivity contribution in [3.05, 3.63) is 40.6 Å². The smallest absolute Gasteiger partial charge is 0.335 e. The Morgan fingerprint density at radius 1 is 1.50 bits per heavy atom. The average molecular weight is 253 g/mol. The van der Waals surface area contributed by atoms with E-state index in [1.165, 1.54) is 19.2 Å². The van der Waals surface area contributed by atoms with Crippen molar-refractivity contribution in [1.29, 1.82) is 0 Å². The van der Waals surface area contributed by atoms with Crippen molar-refractivity contribution >= 4 is 5.97 Å². The van der Waals surface area contributed by atoms with Crippen molar-refractivity contribution in [2.45, 2.75) is 26.4 Å². The van der Waals surface area contributed by atoms with Crippen LogP contribution in [0.4, 0.5) is 0 Å². The molecule has 0 aliphatic rings. The molecule has 5 heteroatoms. The first-order valence-electron chi connectivity index (χ1n) is 5.78. The van der Waals surface area contributed by atoms with E-state index < -0.39 is 10.6 Å². The van der Waals surface area contributed by atoms with Gasteiger partial charge in [-0.15, -0.1) is 0 Å². The number of hydrogen-bond donors (Lipinski definition) is 1. The number of rotatable bonds is 6. The summed E-state index contributed by atoms with van der Waals surface area (Å²) in [6.45, 7) is 3.90. The molecular formula is C13H19NO4. The van der Waals surface area contributed by atoms with Crippen molar-refractivity contribution in [2.75, 3.05) is 13.8 Å². The lowest BCUT2D eigenvalue weighted by Gasteiger charge is -2.45. The van der Waals surface area contributed by atoms with E-state index in [0.717, 1.165) is 0 Å². The van der Waals surface area contributed by atoms with Crippen molar-refractivity contribution in [3.63, 3.8) is 0 Å². The minimum absolute atomic E-state index is 0.0506. The van der Waals surface area contributed by atoms with Crippen molar-refractivity contribution in [1.82, 2.24) is 0 Å². The number of methoxy groups -OCH3 is 1. The highest BCUT2D eigenvalue weighted by Gasteiger charge is 2.22. The molecular weight excluding hydrogens is 234 g/mol. The van der Waals surface area contributed by atoms with Gasteiger partial charge in [0.15, 0.2) is 6.73 Å². The highest BCUT2D eigenvalue weighted by Crippen LogP contribution is 2.18. The van der Waals surface area contributed by atoms with Crippen LogP contribution in [0.15, 0.2) is 24.3 Å². The number of ether oxygens (including phenoxy) is 1. The third kappa shape index (κ3) is 3.53. The van der Waals surface area contributed by atoms with E-state index in [-0.39, 0.29) is 24.9 Å². The molecule has 0 bridgehead atoms. The van der Waals surface area contributed by atoms with Crippen molar-refractivity contribution < 1.29 is 19.3 Å². The molecule has 0 fully saturated rings. The Kier molecular flexibility index (Phi) is 4.84. The number of nitrogens with zero attached hydrogens (tertiary/aromatic N) is 1. The van der Waals surface area contributed by atoms with Gasteiger partial charge in [0.1, 0.15) is 6.54 Å². The summed E-state index contributed by atoms with van der Waals surface area (Å²) < 4.78 is 4.43. The minimum Gasteiger partial charge on any atom is -0.631 e. The Balaban J connectivity index is 2.94. The van der Waals surface area contributed by atoms with Crippen LogP contribution in [-0.4, -0.2) is 35.6 Å². The molecule has 1 atom stereocenters. The van der Waals surface area contributed by atoms with Crippen LogP contribution >= 0.6 is 0 Å². The zero-order valence-electron chi connectivity index (χ0n) is 10.9. The molecule has 0 radical (unpaired) electrons. The molecule has 18 heavy (non-hydrogen) atoms. The Hall–Kier alpha value is -1.43. The summed E-state index contributed by atoms with van der Waals surface area (Å²) in [5, 5.41) is 21.4. The fourth-order valence-corrected chi connectivity index (χ4v) is 1.71. The zero-order chi connectivity index (χ0) is 13.8. The van der Waals surface area contributed by atoms with Gasteiger partial charge in [0, 0.05) is 12.7 Å². The molecule has 0 heterocycles. The summed E-state index contributed by atoms with van der Waals surface area (Å²) in [6, 6.07) is 6.30. The van der Waals surface area contributed by atoms with Crippen LogP contribution in [0, 0.1) is 5.21 Å². The first kappa shape index (κ1) is 14.6. The molecule has 0 aliphatic carbocycles. The summed E-state index contributed by atoms with van der Waals surface area (Å²) in [6.07, 6.45) is 0. The maximum Gasteiger partial charge on any atom is 0.335 e. The van der Waals surface area contributed by atoms with Gasteiger partial charge in [-0.05, 0) is 26.0 Å². The molecule has 0 saturated carbocycles. The van der Waals surface area contributed by atoms with Gasteiger partial charge in [-0.25, -0.2) is 4.79 Å². The number of benzene rings is 1. The van der Waals surface area contributed by atoms with Crippen LogP contribution < -0.4 is 0 Å². The normalized spacial score (nSPS) is 14.5. The summed E-state index contributed by atoms with van der Waals surface area (Å²) in [5.74, 6) is -0.989. The summed E-state index contributed by atoms with van der Waals surface area (Å²) in [4.78, 5) is 10.9. The fourth-order valence-electron chi connectivity index (χ4n) is 1.71. The van der Waals surface area contributed by atoms with E-state index in [1.54, 1.807) is 12.1 Å². The lowest BCUT2D eigenvalue weighted by molar-refractivity contribution is -0.932. The second-order valence-corrected chi connectivity index (χ2v) is 4.63. The second kappa shape index (κ2) is 5.95. The highest BCUT2D eigenvalue weighted by atomic mass is 16.6. The van der Waals surface area contributed by atoms with Crippen LogP contribution in [0.25, 0.3) is 0 Å². The van der Waals surface area contributed by atoms with Gasteiger partial charge in [0.2, 0.25) is 0 Å². The number of hydroxylamine groups is 3. The molecule has 0 amide bonds. The first-order chi connectivity index (χ1) is 8.39. The maximum absolute atomic E-state index is 12.5. The van der Waals surface area contributed by atoms with Crippen LogP contribution in [0.5, 0.6) is 0 Å². The summed E-state index contributed by atoms with van der Waals surface area (Å²) in [5.41, 5.74) is 0.899. The van der Waals surface area contributed by atoms with Gasteiger partial charge >= 0.3 is 5.97 Å². The maximum atomic E-state index is 12.5. The van der Waals surface area contributed by atoms with Gasteiger partial charge in [-0.1, -0.05) is 12.1 Å². The van der Waals surface area contributed by atoms with Crippen LogP contribution in [0.1, 0.15) is 29.8 Å². The molecule has 1 aromatic rings. The third-order valence-corrected chi connectivity index (χ3v) is 2.91. The fraction of sp³-hybridized carbons (Fsp3) is 0.462. The first-order valence-corrected chi connectivity index (χ1v) is 5.78. The largest absolute Gasteiger partial charge is 0.631 e. The molecule has 100 valence electrons. The topological polar surface area (TPSA) is 69.6 Å². The lowest BCUT2D eigenvalue weighted by Crippen LogP contribution is -2.48. The molecule has 0 saturated heterocycles. The average Bonchev–Trinajstić information content (AvgIpc) is 2.29. The Bertz CT molecular complexity index is 419. The number of carboxylic acid groups (broad SMARTS) is 1. The molecule has 0 aromatic heterocycles. The number of carboxylic acids is 1. The second-order valence-electron chi connectivity index (χ2n) is 4.63. The van der Waals surface area contributed by atoms with Gasteiger partial charge in [-0.2, -0.15) is 0 Å². The molecule has 5 nitrogen and oxygen atoms in total. The van der Waals surface area contributed by atoms with E-state index in [1.807, 2.05) is 13.8 Å². The molecule has 1 rings (SSSR count). The predicted octanol–water partition coefficient (Wildman–Crippen LogP) is 2.21. The Morgan fingerprint density at radius 2 is 2.17 bits per heavy atom. The number of aromatic carboxylic acids is 1.